The van der Waals surface area contributed by atoms with Crippen molar-refractivity contribution in [1.82, 2.24) is 10.7 Å². The van der Waals surface area contributed by atoms with Gasteiger partial charge in [-0.25, -0.2) is 5.84 Å². The van der Waals surface area contributed by atoms with Gasteiger partial charge in [-0.2, -0.15) is 0 Å². The van der Waals surface area contributed by atoms with Crippen molar-refractivity contribution >= 4 is 11.8 Å². The number of hydrogen-bond acceptors (Lipinski definition) is 3. The highest BCUT2D eigenvalue weighted by Crippen LogP contribution is 1.99. The molecule has 0 unspecified atom stereocenters. The molecule has 0 bridgehead atoms. The summed E-state index contributed by atoms with van der Waals surface area (Å²) in [6.07, 6.45) is 1.63. The molecule has 0 heterocycles. The van der Waals surface area contributed by atoms with E-state index in [-0.39, 0.29) is 17.5 Å². The maximum absolute atomic E-state index is 11.1. The van der Waals surface area contributed by atoms with Crippen molar-refractivity contribution in [3.63, 3.8) is 0 Å². The van der Waals surface area contributed by atoms with Gasteiger partial charge in [-0.05, 0) is 5.92 Å². The number of amides is 2. The van der Waals surface area contributed by atoms with E-state index < -0.39 is 5.91 Å². The second-order valence-corrected chi connectivity index (χ2v) is 2.98. The van der Waals surface area contributed by atoms with Gasteiger partial charge in [-0.1, -0.05) is 19.9 Å². The van der Waals surface area contributed by atoms with E-state index in [2.05, 4.69) is 5.32 Å². The number of rotatable bonds is 3. The molecule has 0 radical (unpaired) electrons. The van der Waals surface area contributed by atoms with Crippen molar-refractivity contribution in [2.75, 3.05) is 0 Å². The summed E-state index contributed by atoms with van der Waals surface area (Å²) in [5.74, 6) is 4.31. The predicted octanol–water partition coefficient (Wildman–Crippen LogP) is -0.348. The number of hydrazine groups is 1. The summed E-state index contributed by atoms with van der Waals surface area (Å²) >= 11 is 0. The molecule has 0 aliphatic carbocycles. The topological polar surface area (TPSA) is 84.2 Å². The highest BCUT2D eigenvalue weighted by atomic mass is 16.2. The molecule has 4 N–H and O–H groups in total. The van der Waals surface area contributed by atoms with E-state index in [9.17, 15) is 9.59 Å². The molecular formula is C8H15N3O2. The molecule has 0 atom stereocenters. The average Bonchev–Trinajstić information content (AvgIpc) is 2.00. The molecule has 0 saturated heterocycles. The van der Waals surface area contributed by atoms with Gasteiger partial charge in [0.2, 0.25) is 5.91 Å². The molecule has 5 heteroatoms. The van der Waals surface area contributed by atoms with E-state index in [1.54, 1.807) is 6.08 Å². The second-order valence-electron chi connectivity index (χ2n) is 2.98. The molecular weight excluding hydrogens is 170 g/mol. The van der Waals surface area contributed by atoms with E-state index in [0.717, 1.165) is 0 Å². The van der Waals surface area contributed by atoms with Crippen LogP contribution in [0.2, 0.25) is 0 Å². The van der Waals surface area contributed by atoms with Crippen LogP contribution in [0, 0.1) is 5.92 Å². The molecule has 0 aliphatic heterocycles. The molecule has 5 nitrogen and oxygen atoms in total. The van der Waals surface area contributed by atoms with Gasteiger partial charge in [0.25, 0.3) is 5.91 Å². The van der Waals surface area contributed by atoms with Gasteiger partial charge in [0.05, 0.1) is 0 Å². The predicted molar refractivity (Wildman–Crippen MR) is 49.1 cm³/mol. The minimum atomic E-state index is -0.496. The molecule has 74 valence electrons. The summed E-state index contributed by atoms with van der Waals surface area (Å²) in [6.45, 7) is 5.12. The van der Waals surface area contributed by atoms with Crippen molar-refractivity contribution in [2.24, 2.45) is 11.8 Å². The highest BCUT2D eigenvalue weighted by molar-refractivity contribution is 5.96. The van der Waals surface area contributed by atoms with Crippen molar-refractivity contribution < 1.29 is 9.59 Å². The molecule has 2 amide bonds. The van der Waals surface area contributed by atoms with Crippen molar-refractivity contribution in [3.8, 4) is 0 Å². The molecule has 0 aliphatic rings. The summed E-state index contributed by atoms with van der Waals surface area (Å²) in [7, 11) is 0. The lowest BCUT2D eigenvalue weighted by molar-refractivity contribution is -0.122. The first-order valence-corrected chi connectivity index (χ1v) is 3.97. The Kier molecular flexibility index (Phi) is 4.76. The second kappa shape index (κ2) is 5.31. The summed E-state index contributed by atoms with van der Waals surface area (Å²) < 4.78 is 0. The van der Waals surface area contributed by atoms with Crippen LogP contribution in [-0.4, -0.2) is 11.8 Å². The highest BCUT2D eigenvalue weighted by Gasteiger charge is 2.09. The number of nitrogens with one attached hydrogen (secondary N) is 2. The maximum atomic E-state index is 11.1. The Morgan fingerprint density at radius 3 is 2.23 bits per heavy atom. The fourth-order valence-corrected chi connectivity index (χ4v) is 0.775. The van der Waals surface area contributed by atoms with E-state index in [1.807, 2.05) is 19.3 Å². The smallest absolute Gasteiger partial charge is 0.281 e. The Bertz CT molecular complexity index is 234. The van der Waals surface area contributed by atoms with Crippen molar-refractivity contribution in [2.45, 2.75) is 20.8 Å². The lowest BCUT2D eigenvalue weighted by Crippen LogP contribution is -2.37. The number of hydrogen-bond donors (Lipinski definition) is 3. The zero-order valence-electron chi connectivity index (χ0n) is 8.05. The fraction of sp³-hybridized carbons (Fsp3) is 0.500. The van der Waals surface area contributed by atoms with Gasteiger partial charge < -0.3 is 5.32 Å². The first-order chi connectivity index (χ1) is 5.97. The number of nitrogens with two attached hydrogens (primary N) is 1. The van der Waals surface area contributed by atoms with E-state index in [4.69, 9.17) is 5.84 Å². The standard InChI is InChI=1S/C8H15N3O2/c1-5(2)4-7(8(13)11-9)10-6(3)12/h4-5H,9H2,1-3H3,(H,10,12)(H,11,13). The van der Waals surface area contributed by atoms with Gasteiger partial charge in [0, 0.05) is 6.92 Å². The number of carbonyl (C=O) groups is 2. The Hall–Kier alpha value is -1.36. The third-order valence-electron chi connectivity index (χ3n) is 1.19. The summed E-state index contributed by atoms with van der Waals surface area (Å²) in [5, 5.41) is 2.39. The first kappa shape index (κ1) is 11.6. The lowest BCUT2D eigenvalue weighted by atomic mass is 10.2. The summed E-state index contributed by atoms with van der Waals surface area (Å²) in [5.41, 5.74) is 2.14. The fourth-order valence-electron chi connectivity index (χ4n) is 0.775. The third-order valence-corrected chi connectivity index (χ3v) is 1.19. The van der Waals surface area contributed by atoms with Crippen LogP contribution in [0.4, 0.5) is 0 Å². The van der Waals surface area contributed by atoms with Crippen LogP contribution in [-0.2, 0) is 9.59 Å². The van der Waals surface area contributed by atoms with Gasteiger partial charge >= 0.3 is 0 Å². The zero-order valence-corrected chi connectivity index (χ0v) is 8.05. The minimum Gasteiger partial charge on any atom is -0.322 e. The summed E-state index contributed by atoms with van der Waals surface area (Å²) in [4.78, 5) is 21.7. The van der Waals surface area contributed by atoms with E-state index in [0.29, 0.717) is 0 Å². The molecule has 0 aromatic heterocycles. The molecule has 0 rings (SSSR count). The number of carbonyl (C=O) groups excluding carboxylic acids is 2. The minimum absolute atomic E-state index is 0.166. The van der Waals surface area contributed by atoms with Gasteiger partial charge in [-0.3, -0.25) is 15.0 Å². The molecule has 0 fully saturated rings. The van der Waals surface area contributed by atoms with Gasteiger partial charge in [-0.15, -0.1) is 0 Å². The average molecular weight is 185 g/mol. The molecule has 0 aromatic rings. The zero-order chi connectivity index (χ0) is 10.4. The van der Waals surface area contributed by atoms with Crippen LogP contribution >= 0.6 is 0 Å². The van der Waals surface area contributed by atoms with Crippen molar-refractivity contribution in [1.29, 1.82) is 0 Å². The normalized spacial score (nSPS) is 11.3. The van der Waals surface area contributed by atoms with Crippen LogP contribution in [0.5, 0.6) is 0 Å². The summed E-state index contributed by atoms with van der Waals surface area (Å²) in [6, 6.07) is 0. The molecule has 0 saturated carbocycles. The van der Waals surface area contributed by atoms with Crippen LogP contribution in [0.1, 0.15) is 20.8 Å². The Morgan fingerprint density at radius 2 is 1.92 bits per heavy atom. The largest absolute Gasteiger partial charge is 0.322 e. The van der Waals surface area contributed by atoms with Crippen LogP contribution < -0.4 is 16.6 Å². The van der Waals surface area contributed by atoms with Gasteiger partial charge in [0.15, 0.2) is 0 Å². The lowest BCUT2D eigenvalue weighted by Gasteiger charge is -2.07. The van der Waals surface area contributed by atoms with Crippen LogP contribution in [0.15, 0.2) is 11.8 Å². The monoisotopic (exact) mass is 185 g/mol. The van der Waals surface area contributed by atoms with E-state index >= 15 is 0 Å². The Morgan fingerprint density at radius 1 is 1.38 bits per heavy atom. The molecule has 13 heavy (non-hydrogen) atoms. The Labute approximate surface area is 77.3 Å². The van der Waals surface area contributed by atoms with Crippen molar-refractivity contribution in [3.05, 3.63) is 11.8 Å². The number of allylic oxidation sites excluding steroid dienone is 1. The van der Waals surface area contributed by atoms with Crippen LogP contribution in [0.3, 0.4) is 0 Å². The van der Waals surface area contributed by atoms with Gasteiger partial charge in [0.1, 0.15) is 5.70 Å². The maximum Gasteiger partial charge on any atom is 0.281 e. The SMILES string of the molecule is CC(=O)NC(=CC(C)C)C(=O)NN. The first-order valence-electron chi connectivity index (χ1n) is 3.97. The third kappa shape index (κ3) is 4.97. The molecule has 0 spiro atoms. The Balaban J connectivity index is 4.55. The molecule has 0 aromatic carbocycles. The van der Waals surface area contributed by atoms with E-state index in [1.165, 1.54) is 6.92 Å². The quantitative estimate of drug-likeness (QED) is 0.243. The van der Waals surface area contributed by atoms with Crippen LogP contribution in [0.25, 0.3) is 0 Å².